The lowest BCUT2D eigenvalue weighted by Crippen LogP contribution is -2.26. The molecule has 0 amide bonds. The number of hydrogen-bond donors (Lipinski definition) is 0. The Morgan fingerprint density at radius 1 is 1.03 bits per heavy atom. The predicted molar refractivity (Wildman–Crippen MR) is 116 cm³/mol. The molecule has 1 aliphatic heterocycles. The van der Waals surface area contributed by atoms with Gasteiger partial charge in [0.05, 0.1) is 19.8 Å². The van der Waals surface area contributed by atoms with Gasteiger partial charge in [0.15, 0.2) is 5.58 Å². The van der Waals surface area contributed by atoms with E-state index in [1.54, 1.807) is 59.7 Å². The second kappa shape index (κ2) is 8.49. The number of fused-ring (bicyclic) bond motifs is 1. The normalized spacial score (nSPS) is 13.5. The maximum Gasteiger partial charge on any atom is 0.355 e. The summed E-state index contributed by atoms with van der Waals surface area (Å²) in [5.74, 6) is -0.941. The van der Waals surface area contributed by atoms with Crippen molar-refractivity contribution in [2.24, 2.45) is 0 Å². The first-order chi connectivity index (χ1) is 15.0. The summed E-state index contributed by atoms with van der Waals surface area (Å²) in [4.78, 5) is 31.0. The molecule has 0 radical (unpaired) electrons. The highest BCUT2D eigenvalue weighted by Gasteiger charge is 2.27. The second-order valence-corrected chi connectivity index (χ2v) is 6.93. The van der Waals surface area contributed by atoms with Gasteiger partial charge in [0.2, 0.25) is 5.89 Å². The molecule has 1 aliphatic rings. The van der Waals surface area contributed by atoms with E-state index in [1.807, 2.05) is 6.07 Å². The average molecular weight is 437 g/mol. The molecule has 3 aromatic rings. The average Bonchev–Trinajstić information content (AvgIpc) is 3.08. The fourth-order valence-electron chi connectivity index (χ4n) is 3.18. The summed E-state index contributed by atoms with van der Waals surface area (Å²) in [7, 11) is 2.50. The summed E-state index contributed by atoms with van der Waals surface area (Å²) in [5, 5.41) is 0.550. The zero-order valence-corrected chi connectivity index (χ0v) is 17.4. The molecular weight excluding hydrogens is 420 g/mol. The molecule has 0 saturated carbocycles. The fourth-order valence-corrected chi connectivity index (χ4v) is 3.34. The van der Waals surface area contributed by atoms with Gasteiger partial charge in [-0.25, -0.2) is 14.6 Å². The zero-order valence-electron chi connectivity index (χ0n) is 16.7. The first-order valence-electron chi connectivity index (χ1n) is 9.23. The fraction of sp³-hybridized carbons (Fsp3) is 0.0870. The lowest BCUT2D eigenvalue weighted by atomic mass is 10.1. The molecule has 0 spiro atoms. The third-order valence-electron chi connectivity index (χ3n) is 4.61. The Bertz CT molecular complexity index is 1270. The lowest BCUT2D eigenvalue weighted by Gasteiger charge is -2.23. The van der Waals surface area contributed by atoms with E-state index in [0.717, 1.165) is 0 Å². The monoisotopic (exact) mass is 436 g/mol. The van der Waals surface area contributed by atoms with Crippen LogP contribution < -0.4 is 4.90 Å². The highest BCUT2D eigenvalue weighted by atomic mass is 35.5. The molecule has 0 N–H and O–H groups in total. The standard InChI is InChI=1S/C23H17ClN2O5/c1-29-22(27)17-8-3-4-11-26(20(17)23(28)30-2)16-7-5-6-14(12-16)21-25-18-10-9-15(24)13-19(18)31-21/h3-13H,1-2H3. The predicted octanol–water partition coefficient (Wildman–Crippen LogP) is 4.64. The highest BCUT2D eigenvalue weighted by Crippen LogP contribution is 2.31. The van der Waals surface area contributed by atoms with E-state index in [0.29, 0.717) is 33.3 Å². The summed E-state index contributed by atoms with van der Waals surface area (Å²) < 4.78 is 15.6. The van der Waals surface area contributed by atoms with Crippen molar-refractivity contribution in [1.29, 1.82) is 0 Å². The molecule has 0 fully saturated rings. The molecule has 0 unspecified atom stereocenters. The van der Waals surface area contributed by atoms with E-state index in [9.17, 15) is 9.59 Å². The van der Waals surface area contributed by atoms with Gasteiger partial charge in [-0.1, -0.05) is 23.7 Å². The van der Waals surface area contributed by atoms with Crippen molar-refractivity contribution in [2.45, 2.75) is 0 Å². The van der Waals surface area contributed by atoms with E-state index in [1.165, 1.54) is 20.3 Å². The van der Waals surface area contributed by atoms with Crippen LogP contribution in [0.15, 0.2) is 82.6 Å². The van der Waals surface area contributed by atoms with Gasteiger partial charge in [-0.05, 0) is 42.5 Å². The molecule has 0 bridgehead atoms. The van der Waals surface area contributed by atoms with E-state index in [-0.39, 0.29) is 11.3 Å². The number of hydrogen-bond acceptors (Lipinski definition) is 7. The van der Waals surface area contributed by atoms with Crippen LogP contribution in [0.1, 0.15) is 0 Å². The highest BCUT2D eigenvalue weighted by molar-refractivity contribution is 6.31. The minimum Gasteiger partial charge on any atom is -0.465 e. The third kappa shape index (κ3) is 3.95. The number of anilines is 1. The molecule has 8 heteroatoms. The summed E-state index contributed by atoms with van der Waals surface area (Å²) in [6.07, 6.45) is 6.50. The molecule has 0 saturated heterocycles. The van der Waals surface area contributed by atoms with Crippen molar-refractivity contribution in [3.05, 3.63) is 83.2 Å². The van der Waals surface area contributed by atoms with Crippen molar-refractivity contribution >= 4 is 40.3 Å². The molecule has 2 heterocycles. The Morgan fingerprint density at radius 2 is 1.84 bits per heavy atom. The van der Waals surface area contributed by atoms with Crippen molar-refractivity contribution in [2.75, 3.05) is 19.1 Å². The number of nitrogens with zero attached hydrogens (tertiary/aromatic N) is 2. The van der Waals surface area contributed by atoms with Gasteiger partial charge in [0, 0.05) is 28.5 Å². The molecular formula is C23H17ClN2O5. The number of carbonyl (C=O) groups excluding carboxylic acids is 2. The van der Waals surface area contributed by atoms with Crippen LogP contribution in [-0.2, 0) is 19.1 Å². The smallest absolute Gasteiger partial charge is 0.355 e. The van der Waals surface area contributed by atoms with Crippen LogP contribution in [0.2, 0.25) is 5.02 Å². The quantitative estimate of drug-likeness (QED) is 0.551. The number of rotatable bonds is 4. The van der Waals surface area contributed by atoms with Crippen molar-refractivity contribution < 1.29 is 23.5 Å². The van der Waals surface area contributed by atoms with E-state index in [2.05, 4.69) is 4.98 Å². The Kier molecular flexibility index (Phi) is 5.60. The lowest BCUT2D eigenvalue weighted by molar-refractivity contribution is -0.139. The molecule has 4 rings (SSSR count). The van der Waals surface area contributed by atoms with Gasteiger partial charge < -0.3 is 18.8 Å². The van der Waals surface area contributed by atoms with Gasteiger partial charge in [-0.15, -0.1) is 0 Å². The Balaban J connectivity index is 1.82. The topological polar surface area (TPSA) is 81.9 Å². The first kappa shape index (κ1) is 20.4. The summed E-state index contributed by atoms with van der Waals surface area (Å²) in [5.41, 5.74) is 2.61. The largest absolute Gasteiger partial charge is 0.465 e. The van der Waals surface area contributed by atoms with Crippen LogP contribution in [0, 0.1) is 0 Å². The third-order valence-corrected chi connectivity index (χ3v) is 4.85. The van der Waals surface area contributed by atoms with Gasteiger partial charge in [-0.2, -0.15) is 0 Å². The van der Waals surface area contributed by atoms with Gasteiger partial charge >= 0.3 is 11.9 Å². The zero-order chi connectivity index (χ0) is 22.0. The molecule has 31 heavy (non-hydrogen) atoms. The SMILES string of the molecule is COC(=O)C1=C(C(=O)OC)N(c2cccc(-c3nc4ccc(Cl)cc4o3)c2)C=CC=C1. The van der Waals surface area contributed by atoms with E-state index >= 15 is 0 Å². The maximum atomic E-state index is 12.6. The summed E-state index contributed by atoms with van der Waals surface area (Å²) in [6.45, 7) is 0. The molecule has 2 aromatic carbocycles. The van der Waals surface area contributed by atoms with Crippen molar-refractivity contribution in [3.63, 3.8) is 0 Å². The number of halogens is 1. The number of carbonyl (C=O) groups is 2. The second-order valence-electron chi connectivity index (χ2n) is 6.50. The first-order valence-corrected chi connectivity index (χ1v) is 9.61. The number of oxazole rings is 1. The van der Waals surface area contributed by atoms with Gasteiger partial charge in [0.25, 0.3) is 0 Å². The number of esters is 2. The molecule has 156 valence electrons. The van der Waals surface area contributed by atoms with Crippen LogP contribution in [0.4, 0.5) is 5.69 Å². The number of ether oxygens (including phenoxy) is 2. The number of methoxy groups -OCH3 is 2. The van der Waals surface area contributed by atoms with Crippen LogP contribution in [0.25, 0.3) is 22.6 Å². The number of aromatic nitrogens is 1. The number of allylic oxidation sites excluding steroid dienone is 2. The molecule has 0 atom stereocenters. The van der Waals surface area contributed by atoms with E-state index in [4.69, 9.17) is 25.5 Å². The Hall–Kier alpha value is -3.84. The van der Waals surface area contributed by atoms with Crippen LogP contribution >= 0.6 is 11.6 Å². The minimum atomic E-state index is -0.682. The van der Waals surface area contributed by atoms with Crippen molar-refractivity contribution in [1.82, 2.24) is 4.98 Å². The van der Waals surface area contributed by atoms with E-state index < -0.39 is 11.9 Å². The van der Waals surface area contributed by atoms with Crippen LogP contribution in [0.5, 0.6) is 0 Å². The van der Waals surface area contributed by atoms with Crippen LogP contribution in [0.3, 0.4) is 0 Å². The molecule has 0 aliphatic carbocycles. The summed E-state index contributed by atoms with van der Waals surface area (Å²) >= 11 is 6.03. The maximum absolute atomic E-state index is 12.6. The van der Waals surface area contributed by atoms with Gasteiger partial charge in [-0.3, -0.25) is 0 Å². The Labute approximate surface area is 182 Å². The Morgan fingerprint density at radius 3 is 2.61 bits per heavy atom. The van der Waals surface area contributed by atoms with Crippen LogP contribution in [-0.4, -0.2) is 31.1 Å². The molecule has 1 aromatic heterocycles. The minimum absolute atomic E-state index is 0.0286. The number of benzene rings is 2. The molecule has 7 nitrogen and oxygen atoms in total. The van der Waals surface area contributed by atoms with Crippen molar-refractivity contribution in [3.8, 4) is 11.5 Å². The van der Waals surface area contributed by atoms with Gasteiger partial charge in [0.1, 0.15) is 11.2 Å². The summed E-state index contributed by atoms with van der Waals surface area (Å²) in [6, 6.07) is 12.4.